The number of likely N-dealkylation sites (tertiary alicyclic amines) is 1. The molecule has 1 saturated heterocycles. The molecular formula is C18H29NO. The Hall–Kier alpha value is -1.02. The Morgan fingerprint density at radius 3 is 2.65 bits per heavy atom. The van der Waals surface area contributed by atoms with E-state index in [1.165, 1.54) is 44.3 Å². The van der Waals surface area contributed by atoms with Crippen molar-refractivity contribution in [3.8, 4) is 5.75 Å². The highest BCUT2D eigenvalue weighted by Crippen LogP contribution is 2.23. The molecular weight excluding hydrogens is 246 g/mol. The second-order valence-corrected chi connectivity index (χ2v) is 6.06. The number of hydrogen-bond acceptors (Lipinski definition) is 2. The molecule has 1 aliphatic rings. The van der Waals surface area contributed by atoms with E-state index in [4.69, 9.17) is 4.74 Å². The zero-order valence-electron chi connectivity index (χ0n) is 13.3. The summed E-state index contributed by atoms with van der Waals surface area (Å²) in [6, 6.07) is 8.72. The van der Waals surface area contributed by atoms with Gasteiger partial charge in [-0.15, -0.1) is 0 Å². The van der Waals surface area contributed by atoms with Gasteiger partial charge in [-0.05, 0) is 62.4 Å². The van der Waals surface area contributed by atoms with Crippen LogP contribution in [-0.4, -0.2) is 30.6 Å². The van der Waals surface area contributed by atoms with E-state index in [-0.39, 0.29) is 0 Å². The van der Waals surface area contributed by atoms with Gasteiger partial charge in [-0.25, -0.2) is 0 Å². The fraction of sp³-hybridized carbons (Fsp3) is 0.667. The van der Waals surface area contributed by atoms with Crippen molar-refractivity contribution >= 4 is 0 Å². The van der Waals surface area contributed by atoms with Crippen LogP contribution in [0.4, 0.5) is 0 Å². The Labute approximate surface area is 124 Å². The molecule has 2 unspecified atom stereocenters. The van der Waals surface area contributed by atoms with Crippen molar-refractivity contribution < 1.29 is 4.74 Å². The summed E-state index contributed by atoms with van der Waals surface area (Å²) >= 11 is 0. The van der Waals surface area contributed by atoms with Gasteiger partial charge in [0.05, 0.1) is 0 Å². The third kappa shape index (κ3) is 4.24. The fourth-order valence-electron chi connectivity index (χ4n) is 2.93. The summed E-state index contributed by atoms with van der Waals surface area (Å²) in [4.78, 5) is 2.53. The number of rotatable bonds is 6. The maximum Gasteiger partial charge on any atom is 0.119 e. The van der Waals surface area contributed by atoms with Crippen molar-refractivity contribution in [1.29, 1.82) is 0 Å². The summed E-state index contributed by atoms with van der Waals surface area (Å²) < 4.78 is 6.16. The van der Waals surface area contributed by atoms with Crippen LogP contribution in [0.3, 0.4) is 0 Å². The lowest BCUT2D eigenvalue weighted by molar-refractivity contribution is 0.0887. The molecule has 1 aromatic carbocycles. The van der Waals surface area contributed by atoms with E-state index in [2.05, 4.69) is 49.9 Å². The summed E-state index contributed by atoms with van der Waals surface area (Å²) in [5, 5.41) is 0. The van der Waals surface area contributed by atoms with Gasteiger partial charge in [0.2, 0.25) is 0 Å². The van der Waals surface area contributed by atoms with Gasteiger partial charge in [-0.3, -0.25) is 4.90 Å². The molecule has 0 aliphatic carbocycles. The number of ether oxygens (including phenoxy) is 1. The predicted octanol–water partition coefficient (Wildman–Crippen LogP) is 4.45. The molecule has 0 bridgehead atoms. The van der Waals surface area contributed by atoms with Crippen molar-refractivity contribution in [2.45, 2.75) is 58.5 Å². The quantitative estimate of drug-likeness (QED) is 0.760. The molecule has 0 N–H and O–H groups in total. The molecule has 0 spiro atoms. The summed E-state index contributed by atoms with van der Waals surface area (Å²) in [6.07, 6.45) is 5.23. The van der Waals surface area contributed by atoms with Crippen molar-refractivity contribution in [2.24, 2.45) is 0 Å². The molecule has 1 aromatic rings. The van der Waals surface area contributed by atoms with Crippen LogP contribution in [-0.2, 0) is 0 Å². The molecule has 0 aromatic heterocycles. The topological polar surface area (TPSA) is 12.5 Å². The minimum Gasteiger partial charge on any atom is -0.489 e. The van der Waals surface area contributed by atoms with Crippen molar-refractivity contribution in [3.05, 3.63) is 29.8 Å². The molecule has 1 heterocycles. The van der Waals surface area contributed by atoms with Crippen molar-refractivity contribution in [1.82, 2.24) is 4.90 Å². The van der Waals surface area contributed by atoms with Crippen LogP contribution in [0.25, 0.3) is 0 Å². The molecule has 112 valence electrons. The van der Waals surface area contributed by atoms with Crippen LogP contribution in [0.15, 0.2) is 24.3 Å². The van der Waals surface area contributed by atoms with Crippen LogP contribution < -0.4 is 4.74 Å². The highest BCUT2D eigenvalue weighted by atomic mass is 16.5. The van der Waals surface area contributed by atoms with Gasteiger partial charge in [0, 0.05) is 6.54 Å². The molecule has 2 nitrogen and oxygen atoms in total. The standard InChI is InChI=1S/C18H29NO/c1-4-12-19-13-6-7-18(14-19)20-17-10-8-16(9-11-17)15(3)5-2/h8-11,15,18H,4-7,12-14H2,1-3H3. The summed E-state index contributed by atoms with van der Waals surface area (Å²) in [5.74, 6) is 1.67. The van der Waals surface area contributed by atoms with Crippen LogP contribution in [0.5, 0.6) is 5.75 Å². The first-order valence-electron chi connectivity index (χ1n) is 8.21. The lowest BCUT2D eigenvalue weighted by Gasteiger charge is -2.32. The van der Waals surface area contributed by atoms with Gasteiger partial charge in [-0.1, -0.05) is 32.9 Å². The Kier molecular flexibility index (Phi) is 5.90. The second kappa shape index (κ2) is 7.68. The Morgan fingerprint density at radius 2 is 2.00 bits per heavy atom. The molecule has 2 atom stereocenters. The second-order valence-electron chi connectivity index (χ2n) is 6.06. The summed E-state index contributed by atoms with van der Waals surface area (Å²) in [5.41, 5.74) is 1.41. The van der Waals surface area contributed by atoms with Gasteiger partial charge in [-0.2, -0.15) is 0 Å². The molecule has 0 saturated carbocycles. The minimum absolute atomic E-state index is 0.366. The predicted molar refractivity (Wildman–Crippen MR) is 85.5 cm³/mol. The summed E-state index contributed by atoms with van der Waals surface area (Å²) in [6.45, 7) is 10.3. The normalized spacial score (nSPS) is 21.6. The highest BCUT2D eigenvalue weighted by molar-refractivity contribution is 5.29. The molecule has 0 amide bonds. The van der Waals surface area contributed by atoms with Crippen molar-refractivity contribution in [3.63, 3.8) is 0 Å². The number of nitrogens with zero attached hydrogens (tertiary/aromatic N) is 1. The first-order chi connectivity index (χ1) is 9.72. The van der Waals surface area contributed by atoms with Crippen LogP contribution >= 0.6 is 0 Å². The van der Waals surface area contributed by atoms with E-state index in [0.29, 0.717) is 12.0 Å². The van der Waals surface area contributed by atoms with Gasteiger partial charge in [0.15, 0.2) is 0 Å². The molecule has 1 fully saturated rings. The smallest absolute Gasteiger partial charge is 0.119 e. The van der Waals surface area contributed by atoms with E-state index in [1.807, 2.05) is 0 Å². The zero-order valence-corrected chi connectivity index (χ0v) is 13.3. The van der Waals surface area contributed by atoms with Gasteiger partial charge < -0.3 is 4.74 Å². The number of piperidine rings is 1. The first kappa shape index (κ1) is 15.4. The highest BCUT2D eigenvalue weighted by Gasteiger charge is 2.20. The van der Waals surface area contributed by atoms with E-state index >= 15 is 0 Å². The molecule has 20 heavy (non-hydrogen) atoms. The molecule has 0 radical (unpaired) electrons. The third-order valence-electron chi connectivity index (χ3n) is 4.37. The molecule has 2 heteroatoms. The van der Waals surface area contributed by atoms with Crippen molar-refractivity contribution in [2.75, 3.05) is 19.6 Å². The monoisotopic (exact) mass is 275 g/mol. The van der Waals surface area contributed by atoms with Crippen LogP contribution in [0.2, 0.25) is 0 Å². The average molecular weight is 275 g/mol. The van der Waals surface area contributed by atoms with E-state index in [1.54, 1.807) is 0 Å². The first-order valence-corrected chi connectivity index (χ1v) is 8.21. The lowest BCUT2D eigenvalue weighted by Crippen LogP contribution is -2.41. The zero-order chi connectivity index (χ0) is 14.4. The number of hydrogen-bond donors (Lipinski definition) is 0. The van der Waals surface area contributed by atoms with E-state index < -0.39 is 0 Å². The average Bonchev–Trinajstić information content (AvgIpc) is 2.48. The van der Waals surface area contributed by atoms with E-state index in [9.17, 15) is 0 Å². The SMILES string of the molecule is CCCN1CCCC(Oc2ccc(C(C)CC)cc2)C1. The number of benzene rings is 1. The Morgan fingerprint density at radius 1 is 1.25 bits per heavy atom. The largest absolute Gasteiger partial charge is 0.489 e. The van der Waals surface area contributed by atoms with Gasteiger partial charge in [0.1, 0.15) is 11.9 Å². The van der Waals surface area contributed by atoms with Gasteiger partial charge in [0.25, 0.3) is 0 Å². The van der Waals surface area contributed by atoms with Crippen LogP contribution in [0.1, 0.15) is 57.9 Å². The third-order valence-corrected chi connectivity index (χ3v) is 4.37. The summed E-state index contributed by atoms with van der Waals surface area (Å²) in [7, 11) is 0. The maximum absolute atomic E-state index is 6.16. The van der Waals surface area contributed by atoms with Gasteiger partial charge >= 0.3 is 0 Å². The molecule has 1 aliphatic heterocycles. The Balaban J connectivity index is 1.89. The fourth-order valence-corrected chi connectivity index (χ4v) is 2.93. The maximum atomic E-state index is 6.16. The lowest BCUT2D eigenvalue weighted by atomic mass is 9.99. The minimum atomic E-state index is 0.366. The van der Waals surface area contributed by atoms with Crippen LogP contribution in [0, 0.1) is 0 Å². The Bertz CT molecular complexity index is 385. The molecule has 2 rings (SSSR count). The van der Waals surface area contributed by atoms with E-state index in [0.717, 1.165) is 12.3 Å².